The molecule has 1 aliphatic heterocycles. The van der Waals surface area contributed by atoms with Crippen molar-refractivity contribution in [3.8, 4) is 5.75 Å². The Hall–Kier alpha value is -2.83. The fourth-order valence-corrected chi connectivity index (χ4v) is 2.93. The summed E-state index contributed by atoms with van der Waals surface area (Å²) in [5.41, 5.74) is 6.16. The number of carbonyl (C=O) groups is 2. The summed E-state index contributed by atoms with van der Waals surface area (Å²) in [6.07, 6.45) is 2.78. The zero-order valence-corrected chi connectivity index (χ0v) is 13.3. The molecule has 0 bridgehead atoms. The molecule has 0 radical (unpaired) electrons. The fourth-order valence-electron chi connectivity index (χ4n) is 2.93. The highest BCUT2D eigenvalue weighted by atomic mass is 16.5. The highest BCUT2D eigenvalue weighted by Gasteiger charge is 2.29. The quantitative estimate of drug-likeness (QED) is 0.871. The molecule has 0 aliphatic carbocycles. The van der Waals surface area contributed by atoms with Gasteiger partial charge in [-0.05, 0) is 37.5 Å². The van der Waals surface area contributed by atoms with Gasteiger partial charge in [-0.1, -0.05) is 18.2 Å². The molecule has 1 atom stereocenters. The van der Waals surface area contributed by atoms with Gasteiger partial charge >= 0.3 is 0 Å². The number of nitrogens with two attached hydrogens (primary N) is 1. The first-order valence-electron chi connectivity index (χ1n) is 7.97. The van der Waals surface area contributed by atoms with Crippen LogP contribution < -0.4 is 10.5 Å². The van der Waals surface area contributed by atoms with Crippen LogP contribution in [0.3, 0.4) is 0 Å². The summed E-state index contributed by atoms with van der Waals surface area (Å²) in [7, 11) is 0. The number of aromatic nitrogens is 2. The van der Waals surface area contributed by atoms with E-state index in [-0.39, 0.29) is 24.2 Å². The lowest BCUT2D eigenvalue weighted by atomic mass is 9.99. The maximum absolute atomic E-state index is 12.6. The van der Waals surface area contributed by atoms with E-state index in [9.17, 15) is 9.59 Å². The number of nitrogens with one attached hydrogen (secondary N) is 1. The number of para-hydroxylation sites is 1. The van der Waals surface area contributed by atoms with Gasteiger partial charge in [-0.15, -0.1) is 0 Å². The van der Waals surface area contributed by atoms with E-state index in [4.69, 9.17) is 10.5 Å². The maximum atomic E-state index is 12.6. The number of rotatable bonds is 5. The van der Waals surface area contributed by atoms with Gasteiger partial charge in [0.25, 0.3) is 11.8 Å². The van der Waals surface area contributed by atoms with Crippen LogP contribution in [0.5, 0.6) is 5.75 Å². The zero-order chi connectivity index (χ0) is 16.9. The van der Waals surface area contributed by atoms with Crippen LogP contribution in [0.15, 0.2) is 36.4 Å². The molecule has 1 aromatic carbocycles. The van der Waals surface area contributed by atoms with Gasteiger partial charge in [0.2, 0.25) is 0 Å². The van der Waals surface area contributed by atoms with Crippen molar-refractivity contribution < 1.29 is 14.3 Å². The summed E-state index contributed by atoms with van der Waals surface area (Å²) in [5, 5.41) is 6.74. The maximum Gasteiger partial charge on any atom is 0.269 e. The van der Waals surface area contributed by atoms with Crippen LogP contribution >= 0.6 is 0 Å². The first-order valence-corrected chi connectivity index (χ1v) is 7.97. The third-order valence-electron chi connectivity index (χ3n) is 4.14. The van der Waals surface area contributed by atoms with E-state index >= 15 is 0 Å². The number of ether oxygens (including phenoxy) is 1. The second kappa shape index (κ2) is 7.16. The predicted molar refractivity (Wildman–Crippen MR) is 87.3 cm³/mol. The Morgan fingerprint density at radius 2 is 2.08 bits per heavy atom. The van der Waals surface area contributed by atoms with Crippen molar-refractivity contribution in [3.05, 3.63) is 47.8 Å². The molecule has 0 saturated carbocycles. The van der Waals surface area contributed by atoms with E-state index in [1.807, 2.05) is 30.3 Å². The number of amides is 2. The van der Waals surface area contributed by atoms with Crippen LogP contribution in [0.25, 0.3) is 0 Å². The topological polar surface area (TPSA) is 101 Å². The predicted octanol–water partition coefficient (Wildman–Crippen LogP) is 1.64. The van der Waals surface area contributed by atoms with Crippen LogP contribution in [0.1, 0.15) is 41.5 Å². The van der Waals surface area contributed by atoms with Crippen molar-refractivity contribution >= 4 is 11.8 Å². The largest absolute Gasteiger partial charge is 0.484 e. The Balaban J connectivity index is 1.69. The smallest absolute Gasteiger partial charge is 0.269 e. The lowest BCUT2D eigenvalue weighted by molar-refractivity contribution is -0.137. The molecule has 1 aromatic heterocycles. The molecule has 1 aliphatic rings. The third-order valence-corrected chi connectivity index (χ3v) is 4.14. The van der Waals surface area contributed by atoms with Gasteiger partial charge in [0, 0.05) is 6.54 Å². The fraction of sp³-hybridized carbons (Fsp3) is 0.353. The normalized spacial score (nSPS) is 17.5. The van der Waals surface area contributed by atoms with E-state index in [2.05, 4.69) is 10.2 Å². The van der Waals surface area contributed by atoms with Crippen LogP contribution in [0.4, 0.5) is 0 Å². The summed E-state index contributed by atoms with van der Waals surface area (Å²) in [6.45, 7) is 0.643. The van der Waals surface area contributed by atoms with E-state index in [1.54, 1.807) is 11.0 Å². The minimum absolute atomic E-state index is 0.0165. The molecule has 7 nitrogen and oxygen atoms in total. The van der Waals surface area contributed by atoms with Crippen molar-refractivity contribution in [2.45, 2.75) is 25.3 Å². The van der Waals surface area contributed by atoms with E-state index in [0.717, 1.165) is 25.0 Å². The summed E-state index contributed by atoms with van der Waals surface area (Å²) in [4.78, 5) is 25.6. The van der Waals surface area contributed by atoms with Gasteiger partial charge in [0.05, 0.1) is 11.7 Å². The molecule has 3 rings (SSSR count). The number of benzene rings is 1. The minimum Gasteiger partial charge on any atom is -0.484 e. The standard InChI is InChI=1S/C17H20N4O3/c18-17(23)14-10-13(19-20-14)15-8-4-5-9-21(15)16(22)11-24-12-6-2-1-3-7-12/h1-3,6-7,10,15H,4-5,8-9,11H2,(H2,18,23)(H,19,20). The van der Waals surface area contributed by atoms with Crippen LogP contribution in [-0.4, -0.2) is 40.1 Å². The number of likely N-dealkylation sites (tertiary alicyclic amines) is 1. The minimum atomic E-state index is -0.585. The average Bonchev–Trinajstić information content (AvgIpc) is 3.11. The van der Waals surface area contributed by atoms with Crippen molar-refractivity contribution in [2.24, 2.45) is 5.73 Å². The van der Waals surface area contributed by atoms with Gasteiger partial charge in [-0.25, -0.2) is 0 Å². The number of hydrogen-bond acceptors (Lipinski definition) is 4. The molecule has 126 valence electrons. The second-order valence-electron chi connectivity index (χ2n) is 5.77. The number of H-pyrrole nitrogens is 1. The third kappa shape index (κ3) is 3.56. The summed E-state index contributed by atoms with van der Waals surface area (Å²) in [5.74, 6) is -0.00524. The molecule has 1 unspecified atom stereocenters. The van der Waals surface area contributed by atoms with Gasteiger partial charge in [-0.2, -0.15) is 5.10 Å². The van der Waals surface area contributed by atoms with Gasteiger partial charge in [0.15, 0.2) is 6.61 Å². The van der Waals surface area contributed by atoms with Gasteiger partial charge < -0.3 is 15.4 Å². The summed E-state index contributed by atoms with van der Waals surface area (Å²) < 4.78 is 5.56. The molecule has 7 heteroatoms. The zero-order valence-electron chi connectivity index (χ0n) is 13.3. The van der Waals surface area contributed by atoms with Crippen LogP contribution in [0, 0.1) is 0 Å². The molecule has 2 aromatic rings. The highest BCUT2D eigenvalue weighted by Crippen LogP contribution is 2.30. The molecule has 2 amide bonds. The monoisotopic (exact) mass is 328 g/mol. The van der Waals surface area contributed by atoms with Crippen molar-refractivity contribution in [1.82, 2.24) is 15.1 Å². The van der Waals surface area contributed by atoms with Crippen molar-refractivity contribution in [3.63, 3.8) is 0 Å². The highest BCUT2D eigenvalue weighted by molar-refractivity contribution is 5.90. The lowest BCUT2D eigenvalue weighted by Gasteiger charge is -2.35. The van der Waals surface area contributed by atoms with Crippen molar-refractivity contribution in [1.29, 1.82) is 0 Å². The van der Waals surface area contributed by atoms with Crippen LogP contribution in [0.2, 0.25) is 0 Å². The summed E-state index contributed by atoms with van der Waals surface area (Å²) >= 11 is 0. The Bertz CT molecular complexity index is 714. The number of primary amides is 1. The van der Waals surface area contributed by atoms with E-state index < -0.39 is 5.91 Å². The second-order valence-corrected chi connectivity index (χ2v) is 5.77. The number of nitrogens with zero attached hydrogens (tertiary/aromatic N) is 2. The number of aromatic amines is 1. The molecule has 1 saturated heterocycles. The van der Waals surface area contributed by atoms with Crippen LogP contribution in [-0.2, 0) is 4.79 Å². The Morgan fingerprint density at radius 1 is 1.29 bits per heavy atom. The number of carbonyl (C=O) groups excluding carboxylic acids is 2. The number of piperidine rings is 1. The van der Waals surface area contributed by atoms with E-state index in [1.165, 1.54) is 0 Å². The first-order chi connectivity index (χ1) is 11.6. The molecule has 1 fully saturated rings. The molecular weight excluding hydrogens is 308 g/mol. The SMILES string of the molecule is NC(=O)c1cc(C2CCCCN2C(=O)COc2ccccc2)[nH]n1. The molecule has 2 heterocycles. The average molecular weight is 328 g/mol. The first kappa shape index (κ1) is 16.0. The van der Waals surface area contributed by atoms with Gasteiger partial charge in [0.1, 0.15) is 11.4 Å². The molecule has 24 heavy (non-hydrogen) atoms. The lowest BCUT2D eigenvalue weighted by Crippen LogP contribution is -2.41. The molecule has 0 spiro atoms. The summed E-state index contributed by atoms with van der Waals surface area (Å²) in [6, 6.07) is 10.7. The number of hydrogen-bond donors (Lipinski definition) is 2. The molecular formula is C17H20N4O3. The van der Waals surface area contributed by atoms with E-state index in [0.29, 0.717) is 12.3 Å². The Kier molecular flexibility index (Phi) is 4.79. The van der Waals surface area contributed by atoms with Gasteiger partial charge in [-0.3, -0.25) is 14.7 Å². The Labute approximate surface area is 139 Å². The van der Waals surface area contributed by atoms with Crippen molar-refractivity contribution in [2.75, 3.05) is 13.2 Å². The molecule has 3 N–H and O–H groups in total. The Morgan fingerprint density at radius 3 is 2.79 bits per heavy atom.